The molecule has 0 amide bonds. The molecule has 2 heterocycles. The molecule has 4 atom stereocenters. The van der Waals surface area contributed by atoms with E-state index in [1.807, 2.05) is 0 Å². The molecule has 0 aromatic carbocycles. The van der Waals surface area contributed by atoms with Crippen molar-refractivity contribution in [1.82, 2.24) is 9.55 Å². The number of nitrogens with zero attached hydrogens (tertiary/aromatic N) is 3. The van der Waals surface area contributed by atoms with Crippen molar-refractivity contribution in [2.75, 3.05) is 13.7 Å². The van der Waals surface area contributed by atoms with Crippen molar-refractivity contribution in [3.63, 3.8) is 0 Å². The molecule has 0 aliphatic carbocycles. The van der Waals surface area contributed by atoms with Gasteiger partial charge in [-0.3, -0.25) is 4.57 Å². The third-order valence-corrected chi connectivity index (χ3v) is 3.12. The van der Waals surface area contributed by atoms with E-state index in [0.29, 0.717) is 0 Å². The van der Waals surface area contributed by atoms with Crippen LogP contribution in [-0.2, 0) is 10.5 Å². The summed E-state index contributed by atoms with van der Waals surface area (Å²) in [5.74, 6) is 0.0334. The quantitative estimate of drug-likeness (QED) is 0.555. The first kappa shape index (κ1) is 14.4. The maximum absolute atomic E-state index is 11.9. The first-order chi connectivity index (χ1) is 9.50. The fraction of sp³-hybridized carbons (Fsp3) is 0.545. The third-order valence-electron chi connectivity index (χ3n) is 3.12. The van der Waals surface area contributed by atoms with E-state index in [1.165, 1.54) is 13.2 Å². The van der Waals surface area contributed by atoms with Crippen LogP contribution in [0, 0.1) is 11.3 Å². The lowest BCUT2D eigenvalue weighted by molar-refractivity contribution is -0.109. The summed E-state index contributed by atoms with van der Waals surface area (Å²) < 4.78 is 10.7. The molecule has 1 aromatic heterocycles. The van der Waals surface area contributed by atoms with Crippen LogP contribution in [0.2, 0.25) is 0 Å². The predicted molar refractivity (Wildman–Crippen MR) is 62.6 cm³/mol. The Hall–Kier alpha value is -1.99. The summed E-state index contributed by atoms with van der Waals surface area (Å²) in [5.41, 5.74) is -3.04. The average molecular weight is 283 g/mol. The van der Waals surface area contributed by atoms with Gasteiger partial charge in [0.1, 0.15) is 24.4 Å². The highest BCUT2D eigenvalue weighted by molar-refractivity contribution is 5.15. The van der Waals surface area contributed by atoms with Gasteiger partial charge in [0, 0.05) is 12.3 Å². The van der Waals surface area contributed by atoms with Gasteiger partial charge in [0.25, 0.3) is 5.72 Å². The van der Waals surface area contributed by atoms with Crippen LogP contribution in [0.1, 0.15) is 0 Å². The zero-order chi connectivity index (χ0) is 14.9. The summed E-state index contributed by atoms with van der Waals surface area (Å²) in [6.07, 6.45) is -3.24. The van der Waals surface area contributed by atoms with Crippen LogP contribution >= 0.6 is 0 Å². The molecular formula is C11H13N3O6. The maximum atomic E-state index is 11.9. The molecule has 3 N–H and O–H groups in total. The number of nitriles is 1. The molecule has 1 aliphatic rings. The van der Waals surface area contributed by atoms with E-state index in [0.717, 1.165) is 10.8 Å². The van der Waals surface area contributed by atoms with Gasteiger partial charge >= 0.3 is 5.69 Å². The predicted octanol–water partition coefficient (Wildman–Crippen LogP) is -2.46. The molecular weight excluding hydrogens is 270 g/mol. The minimum atomic E-state index is -2.15. The summed E-state index contributed by atoms with van der Waals surface area (Å²) >= 11 is 0. The van der Waals surface area contributed by atoms with Crippen molar-refractivity contribution in [3.05, 3.63) is 22.7 Å². The van der Waals surface area contributed by atoms with Crippen molar-refractivity contribution < 1.29 is 24.8 Å². The SMILES string of the molecule is COc1ccn([C@]2(C#N)O[C@H](CO)[C@@H](O)[C@H]2O)c(=O)n1. The van der Waals surface area contributed by atoms with Crippen molar-refractivity contribution in [2.45, 2.75) is 24.0 Å². The summed E-state index contributed by atoms with van der Waals surface area (Å²) in [6, 6.07) is 2.96. The molecule has 0 unspecified atom stereocenters. The molecule has 20 heavy (non-hydrogen) atoms. The normalized spacial score (nSPS) is 32.9. The Bertz CT molecular complexity index is 597. The Morgan fingerprint density at radius 2 is 2.35 bits per heavy atom. The van der Waals surface area contributed by atoms with Crippen LogP contribution in [0.25, 0.3) is 0 Å². The smallest absolute Gasteiger partial charge is 0.354 e. The lowest BCUT2D eigenvalue weighted by atomic mass is 10.0. The monoisotopic (exact) mass is 283 g/mol. The molecule has 2 rings (SSSR count). The zero-order valence-electron chi connectivity index (χ0n) is 10.5. The van der Waals surface area contributed by atoms with Crippen LogP contribution in [-0.4, -0.2) is 56.9 Å². The van der Waals surface area contributed by atoms with Crippen LogP contribution in [0.3, 0.4) is 0 Å². The van der Waals surface area contributed by atoms with Gasteiger partial charge in [-0.05, 0) is 0 Å². The fourth-order valence-electron chi connectivity index (χ4n) is 2.05. The topological polar surface area (TPSA) is 138 Å². The summed E-state index contributed by atoms with van der Waals surface area (Å²) in [4.78, 5) is 15.4. The lowest BCUT2D eigenvalue weighted by Crippen LogP contribution is -2.49. The molecule has 1 aliphatic heterocycles. The number of methoxy groups -OCH3 is 1. The van der Waals surface area contributed by atoms with E-state index in [2.05, 4.69) is 4.98 Å². The van der Waals surface area contributed by atoms with Crippen LogP contribution in [0.5, 0.6) is 5.88 Å². The number of aliphatic hydroxyl groups is 3. The largest absolute Gasteiger partial charge is 0.481 e. The number of ether oxygens (including phenoxy) is 2. The summed E-state index contributed by atoms with van der Waals surface area (Å²) in [7, 11) is 1.32. The van der Waals surface area contributed by atoms with E-state index in [-0.39, 0.29) is 5.88 Å². The molecule has 9 heteroatoms. The molecule has 108 valence electrons. The third kappa shape index (κ3) is 1.95. The molecule has 1 aromatic rings. The fourth-order valence-corrected chi connectivity index (χ4v) is 2.05. The summed E-state index contributed by atoms with van der Waals surface area (Å²) in [6.45, 7) is -0.611. The van der Waals surface area contributed by atoms with E-state index in [9.17, 15) is 20.3 Å². The maximum Gasteiger partial charge on any atom is 0.354 e. The minimum absolute atomic E-state index is 0.0334. The van der Waals surface area contributed by atoms with Gasteiger partial charge in [-0.15, -0.1) is 0 Å². The van der Waals surface area contributed by atoms with E-state index < -0.39 is 36.3 Å². The second kappa shape index (κ2) is 5.18. The molecule has 0 bridgehead atoms. The number of aliphatic hydroxyl groups excluding tert-OH is 3. The second-order valence-corrected chi connectivity index (χ2v) is 4.21. The van der Waals surface area contributed by atoms with Gasteiger partial charge in [-0.2, -0.15) is 10.2 Å². The first-order valence-electron chi connectivity index (χ1n) is 5.70. The Balaban J connectivity index is 2.53. The average Bonchev–Trinajstić information content (AvgIpc) is 2.72. The molecule has 0 spiro atoms. The highest BCUT2D eigenvalue weighted by Gasteiger charge is 2.56. The van der Waals surface area contributed by atoms with Gasteiger partial charge in [0.2, 0.25) is 5.88 Å². The number of hydrogen-bond acceptors (Lipinski definition) is 8. The summed E-state index contributed by atoms with van der Waals surface area (Å²) in [5, 5.41) is 38.0. The number of aromatic nitrogens is 2. The number of rotatable bonds is 3. The molecule has 1 saturated heterocycles. The highest BCUT2D eigenvalue weighted by Crippen LogP contribution is 2.34. The van der Waals surface area contributed by atoms with Gasteiger partial charge in [-0.1, -0.05) is 0 Å². The van der Waals surface area contributed by atoms with Crippen LogP contribution in [0.15, 0.2) is 17.1 Å². The van der Waals surface area contributed by atoms with Crippen molar-refractivity contribution >= 4 is 0 Å². The van der Waals surface area contributed by atoms with E-state index in [4.69, 9.17) is 14.6 Å². The molecule has 0 radical (unpaired) electrons. The molecule has 0 saturated carbocycles. The highest BCUT2D eigenvalue weighted by atomic mass is 16.6. The lowest BCUT2D eigenvalue weighted by Gasteiger charge is -2.26. The standard InChI is InChI=1S/C11H13N3O6/c1-19-7-2-3-14(10(18)13-7)11(5-12)9(17)8(16)6(4-15)20-11/h2-3,6,8-9,15-17H,4H2,1H3/t6-,8-,9-,11-/m1/s1. The Morgan fingerprint density at radius 1 is 1.65 bits per heavy atom. The zero-order valence-corrected chi connectivity index (χ0v) is 10.5. The Kier molecular flexibility index (Phi) is 3.74. The van der Waals surface area contributed by atoms with Crippen molar-refractivity contribution in [2.24, 2.45) is 0 Å². The van der Waals surface area contributed by atoms with Gasteiger partial charge in [0.15, 0.2) is 0 Å². The van der Waals surface area contributed by atoms with Gasteiger partial charge < -0.3 is 24.8 Å². The molecule has 1 fully saturated rings. The van der Waals surface area contributed by atoms with Gasteiger partial charge in [0.05, 0.1) is 13.7 Å². The van der Waals surface area contributed by atoms with Crippen molar-refractivity contribution in [1.29, 1.82) is 5.26 Å². The van der Waals surface area contributed by atoms with Gasteiger partial charge in [-0.25, -0.2) is 4.79 Å². The minimum Gasteiger partial charge on any atom is -0.481 e. The number of hydrogen-bond donors (Lipinski definition) is 3. The van der Waals surface area contributed by atoms with Crippen LogP contribution in [0.4, 0.5) is 0 Å². The van der Waals surface area contributed by atoms with E-state index >= 15 is 0 Å². The van der Waals surface area contributed by atoms with Crippen LogP contribution < -0.4 is 10.4 Å². The first-order valence-corrected chi connectivity index (χ1v) is 5.70. The second-order valence-electron chi connectivity index (χ2n) is 4.21. The van der Waals surface area contributed by atoms with Crippen molar-refractivity contribution in [3.8, 4) is 11.9 Å². The Labute approximate surface area is 113 Å². The van der Waals surface area contributed by atoms with E-state index in [1.54, 1.807) is 6.07 Å². The molecule has 9 nitrogen and oxygen atoms in total. The Morgan fingerprint density at radius 3 is 2.80 bits per heavy atom.